The van der Waals surface area contributed by atoms with E-state index in [2.05, 4.69) is 37.8 Å². The number of nitrogens with one attached hydrogen (secondary N) is 3. The van der Waals surface area contributed by atoms with Crippen molar-refractivity contribution in [3.8, 4) is 0 Å². The van der Waals surface area contributed by atoms with Gasteiger partial charge in [-0.05, 0) is 44.3 Å². The lowest BCUT2D eigenvalue weighted by Gasteiger charge is -2.25. The minimum atomic E-state index is -3.16. The third-order valence-corrected chi connectivity index (χ3v) is 5.70. The van der Waals surface area contributed by atoms with Crippen LogP contribution in [0.2, 0.25) is 0 Å². The second kappa shape index (κ2) is 12.1. The average Bonchev–Trinajstić information content (AvgIpc) is 3.24. The minimum absolute atomic E-state index is 0. The average molecular weight is 515 g/mol. The zero-order chi connectivity index (χ0) is 18.1. The van der Waals surface area contributed by atoms with Gasteiger partial charge in [-0.3, -0.25) is 9.89 Å². The van der Waals surface area contributed by atoms with Crippen LogP contribution in [-0.4, -0.2) is 64.8 Å². The van der Waals surface area contributed by atoms with Gasteiger partial charge in [0.25, 0.3) is 0 Å². The van der Waals surface area contributed by atoms with Crippen molar-refractivity contribution in [2.24, 2.45) is 4.99 Å². The Morgan fingerprint density at radius 2 is 2.04 bits per heavy atom. The number of nitrogens with zero attached hydrogens (tertiary/aromatic N) is 2. The Kier molecular flexibility index (Phi) is 11.0. The molecule has 1 aromatic rings. The quantitative estimate of drug-likeness (QED) is 0.202. The maximum Gasteiger partial charge on any atom is 0.208 e. The molecule has 1 atom stereocenters. The molecule has 0 amide bonds. The molecule has 0 radical (unpaired) electrons. The number of guanidine groups is 1. The van der Waals surface area contributed by atoms with Gasteiger partial charge in [-0.1, -0.05) is 6.07 Å². The van der Waals surface area contributed by atoms with Crippen LogP contribution >= 0.6 is 35.3 Å². The number of thiophene rings is 1. The fraction of sp³-hybridized carbons (Fsp3) is 0.688. The molecule has 1 saturated heterocycles. The summed E-state index contributed by atoms with van der Waals surface area (Å²) in [5, 5.41) is 8.51. The number of aliphatic imine (C=N–C) groups is 1. The molecular weight excluding hydrogens is 485 g/mol. The standard InChI is InChI=1S/C16H29N5O2S2.HI/c1-3-17-16(18-8-9-20-25(2,22)23)19-13-14(15-7-6-12-24-15)21-10-4-5-11-21;/h6-7,12,14,20H,3-5,8-11,13H2,1-2H3,(H2,17,18,19);1H. The maximum atomic E-state index is 11.1. The summed E-state index contributed by atoms with van der Waals surface area (Å²) < 4.78 is 24.7. The normalized spacial score (nSPS) is 16.9. The highest BCUT2D eigenvalue weighted by atomic mass is 127. The van der Waals surface area contributed by atoms with Gasteiger partial charge < -0.3 is 10.6 Å². The molecule has 0 aromatic carbocycles. The number of sulfonamides is 1. The lowest BCUT2D eigenvalue weighted by molar-refractivity contribution is 0.255. The van der Waals surface area contributed by atoms with Crippen molar-refractivity contribution in [1.29, 1.82) is 0 Å². The SMILES string of the molecule is CCNC(=NCC(c1cccs1)N1CCCC1)NCCNS(C)(=O)=O.I. The summed E-state index contributed by atoms with van der Waals surface area (Å²) in [4.78, 5) is 8.58. The maximum absolute atomic E-state index is 11.1. The van der Waals surface area contributed by atoms with Gasteiger partial charge in [0.15, 0.2) is 5.96 Å². The Morgan fingerprint density at radius 3 is 2.62 bits per heavy atom. The Bertz CT molecular complexity index is 631. The van der Waals surface area contributed by atoms with Gasteiger partial charge in [-0.15, -0.1) is 35.3 Å². The van der Waals surface area contributed by atoms with Crippen LogP contribution in [0.25, 0.3) is 0 Å². The van der Waals surface area contributed by atoms with Gasteiger partial charge in [0, 0.05) is 24.5 Å². The Morgan fingerprint density at radius 1 is 1.31 bits per heavy atom. The predicted molar refractivity (Wildman–Crippen MR) is 120 cm³/mol. The molecule has 0 bridgehead atoms. The molecule has 3 N–H and O–H groups in total. The smallest absolute Gasteiger partial charge is 0.208 e. The summed E-state index contributed by atoms with van der Waals surface area (Å²) in [6.45, 7) is 6.55. The fourth-order valence-electron chi connectivity index (χ4n) is 2.86. The van der Waals surface area contributed by atoms with Crippen molar-refractivity contribution in [3.05, 3.63) is 22.4 Å². The molecule has 26 heavy (non-hydrogen) atoms. The van der Waals surface area contributed by atoms with Crippen LogP contribution in [0, 0.1) is 0 Å². The fourth-order valence-corrected chi connectivity index (χ4v) is 4.18. The lowest BCUT2D eigenvalue weighted by atomic mass is 10.2. The van der Waals surface area contributed by atoms with E-state index in [1.807, 2.05) is 6.92 Å². The molecule has 1 unspecified atom stereocenters. The number of halogens is 1. The van der Waals surface area contributed by atoms with Gasteiger partial charge in [0.05, 0.1) is 18.8 Å². The molecule has 1 aliphatic heterocycles. The summed E-state index contributed by atoms with van der Waals surface area (Å²) in [7, 11) is -3.16. The molecule has 0 aliphatic carbocycles. The summed E-state index contributed by atoms with van der Waals surface area (Å²) in [5.74, 6) is 0.721. The summed E-state index contributed by atoms with van der Waals surface area (Å²) >= 11 is 1.78. The van der Waals surface area contributed by atoms with E-state index in [9.17, 15) is 8.42 Å². The van der Waals surface area contributed by atoms with E-state index in [0.29, 0.717) is 25.7 Å². The molecule has 7 nitrogen and oxygen atoms in total. The summed E-state index contributed by atoms with van der Waals surface area (Å²) in [5.41, 5.74) is 0. The molecular formula is C16H30IN5O2S2. The van der Waals surface area contributed by atoms with E-state index < -0.39 is 10.0 Å². The van der Waals surface area contributed by atoms with Crippen molar-refractivity contribution in [1.82, 2.24) is 20.3 Å². The monoisotopic (exact) mass is 515 g/mol. The van der Waals surface area contributed by atoms with Gasteiger partial charge >= 0.3 is 0 Å². The van der Waals surface area contributed by atoms with Crippen LogP contribution in [0.1, 0.15) is 30.7 Å². The van der Waals surface area contributed by atoms with Crippen LogP contribution in [0.3, 0.4) is 0 Å². The number of hydrogen-bond donors (Lipinski definition) is 3. The van der Waals surface area contributed by atoms with Crippen LogP contribution < -0.4 is 15.4 Å². The summed E-state index contributed by atoms with van der Waals surface area (Å²) in [6.07, 6.45) is 3.66. The molecule has 2 heterocycles. The largest absolute Gasteiger partial charge is 0.357 e. The molecule has 0 saturated carbocycles. The predicted octanol–water partition coefficient (Wildman–Crippen LogP) is 1.61. The van der Waals surface area contributed by atoms with Crippen LogP contribution in [0.5, 0.6) is 0 Å². The molecule has 1 fully saturated rings. The molecule has 1 aromatic heterocycles. The van der Waals surface area contributed by atoms with Crippen LogP contribution in [-0.2, 0) is 10.0 Å². The van der Waals surface area contributed by atoms with Gasteiger partial charge in [0.1, 0.15) is 0 Å². The first-order valence-corrected chi connectivity index (χ1v) is 11.5. The van der Waals surface area contributed by atoms with Gasteiger partial charge in [-0.25, -0.2) is 13.1 Å². The highest BCUT2D eigenvalue weighted by Gasteiger charge is 2.24. The third-order valence-electron chi connectivity index (χ3n) is 4.00. The minimum Gasteiger partial charge on any atom is -0.357 e. The van der Waals surface area contributed by atoms with E-state index in [-0.39, 0.29) is 24.0 Å². The summed E-state index contributed by atoms with van der Waals surface area (Å²) in [6, 6.07) is 4.58. The van der Waals surface area contributed by atoms with Crippen molar-refractivity contribution in [2.75, 3.05) is 45.5 Å². The van der Waals surface area contributed by atoms with Gasteiger partial charge in [0.2, 0.25) is 10.0 Å². The van der Waals surface area contributed by atoms with Crippen LogP contribution in [0.4, 0.5) is 0 Å². The topological polar surface area (TPSA) is 85.8 Å². The number of likely N-dealkylation sites (tertiary alicyclic amines) is 1. The number of hydrogen-bond acceptors (Lipinski definition) is 5. The van der Waals surface area contributed by atoms with E-state index in [1.165, 1.54) is 17.7 Å². The van der Waals surface area contributed by atoms with E-state index in [4.69, 9.17) is 4.99 Å². The van der Waals surface area contributed by atoms with Crippen molar-refractivity contribution < 1.29 is 8.42 Å². The lowest BCUT2D eigenvalue weighted by Crippen LogP contribution is -2.42. The zero-order valence-electron chi connectivity index (χ0n) is 15.4. The number of rotatable bonds is 9. The van der Waals surface area contributed by atoms with Crippen LogP contribution in [0.15, 0.2) is 22.5 Å². The van der Waals surface area contributed by atoms with Crippen molar-refractivity contribution in [3.63, 3.8) is 0 Å². The second-order valence-electron chi connectivity index (χ2n) is 6.09. The third kappa shape index (κ3) is 8.51. The van der Waals surface area contributed by atoms with E-state index >= 15 is 0 Å². The van der Waals surface area contributed by atoms with Gasteiger partial charge in [-0.2, -0.15) is 0 Å². The highest BCUT2D eigenvalue weighted by Crippen LogP contribution is 2.28. The van der Waals surface area contributed by atoms with E-state index in [0.717, 1.165) is 31.8 Å². The first-order chi connectivity index (χ1) is 12.0. The molecule has 1 aliphatic rings. The molecule has 2 rings (SSSR count). The first-order valence-electron chi connectivity index (χ1n) is 8.74. The molecule has 0 spiro atoms. The second-order valence-corrected chi connectivity index (χ2v) is 8.90. The molecule has 10 heteroatoms. The zero-order valence-corrected chi connectivity index (χ0v) is 19.4. The Labute approximate surface area is 178 Å². The molecule has 150 valence electrons. The van der Waals surface area contributed by atoms with Crippen molar-refractivity contribution >= 4 is 51.3 Å². The van der Waals surface area contributed by atoms with Crippen molar-refractivity contribution in [2.45, 2.75) is 25.8 Å². The highest BCUT2D eigenvalue weighted by molar-refractivity contribution is 14.0. The first kappa shape index (κ1) is 23.6. The Hall–Kier alpha value is -0.430. The Balaban J connectivity index is 0.00000338. The van der Waals surface area contributed by atoms with E-state index in [1.54, 1.807) is 11.3 Å².